The van der Waals surface area contributed by atoms with Gasteiger partial charge in [-0.1, -0.05) is 65.0 Å². The van der Waals surface area contributed by atoms with E-state index < -0.39 is 11.9 Å². The summed E-state index contributed by atoms with van der Waals surface area (Å²) >= 11 is 1.63. The smallest absolute Gasteiger partial charge is 0.339 e. The lowest BCUT2D eigenvalue weighted by Crippen LogP contribution is -2.27. The van der Waals surface area contributed by atoms with Crippen LogP contribution in [-0.4, -0.2) is 39.4 Å². The lowest BCUT2D eigenvalue weighted by molar-refractivity contribution is -0.125. The summed E-state index contributed by atoms with van der Waals surface area (Å²) in [5.74, 6) is -0.770. The Hall–Kier alpha value is -2.28. The highest BCUT2D eigenvalue weighted by atomic mass is 32.2. The molecule has 6 nitrogen and oxygen atoms in total. The zero-order chi connectivity index (χ0) is 27.5. The van der Waals surface area contributed by atoms with Crippen molar-refractivity contribution < 1.29 is 24.6 Å². The SMILES string of the molecule is CCCCCCC/C=C\CCCCCSCC(=O)CC(CC(C)C)C(=O)Nc1ccc(O)c(C(=O)O)c1. The number of rotatable bonds is 21. The standard InChI is InChI=1S/C30H47NO5S/c1-4-5-6-7-8-9-10-11-12-13-14-15-18-37-22-26(32)20-24(19-23(2)3)29(34)31-25-16-17-28(33)27(21-25)30(35)36/h10-11,16-17,21,23-24,33H,4-9,12-15,18-20,22H2,1-3H3,(H,31,34)(H,35,36)/b11-10-. The fraction of sp³-hybridized carbons (Fsp3) is 0.633. The first kappa shape index (κ1) is 32.7. The van der Waals surface area contributed by atoms with Gasteiger partial charge in [0.25, 0.3) is 0 Å². The third-order valence-electron chi connectivity index (χ3n) is 6.16. The molecule has 0 spiro atoms. The first-order chi connectivity index (χ1) is 17.7. The van der Waals surface area contributed by atoms with Crippen molar-refractivity contribution >= 4 is 35.1 Å². The van der Waals surface area contributed by atoms with Crippen LogP contribution >= 0.6 is 11.8 Å². The Bertz CT molecular complexity index is 852. The van der Waals surface area contributed by atoms with Crippen LogP contribution in [0.25, 0.3) is 0 Å². The van der Waals surface area contributed by atoms with E-state index in [1.165, 1.54) is 63.1 Å². The lowest BCUT2D eigenvalue weighted by Gasteiger charge is -2.18. The van der Waals surface area contributed by atoms with E-state index >= 15 is 0 Å². The molecule has 7 heteroatoms. The summed E-state index contributed by atoms with van der Waals surface area (Å²) in [5, 5.41) is 21.6. The zero-order valence-electron chi connectivity index (χ0n) is 23.0. The van der Waals surface area contributed by atoms with Gasteiger partial charge in [0, 0.05) is 18.0 Å². The van der Waals surface area contributed by atoms with Crippen LogP contribution in [0.2, 0.25) is 0 Å². The maximum atomic E-state index is 12.9. The quantitative estimate of drug-likeness (QED) is 0.0844. The van der Waals surface area contributed by atoms with E-state index in [9.17, 15) is 24.6 Å². The highest BCUT2D eigenvalue weighted by molar-refractivity contribution is 7.99. The number of thioether (sulfide) groups is 1. The minimum atomic E-state index is -1.27. The van der Waals surface area contributed by atoms with Gasteiger partial charge in [0.05, 0.1) is 5.75 Å². The number of ketones is 1. The second-order valence-corrected chi connectivity index (χ2v) is 11.3. The number of anilines is 1. The third kappa shape index (κ3) is 15.5. The fourth-order valence-electron chi connectivity index (χ4n) is 4.15. The largest absolute Gasteiger partial charge is 0.507 e. The van der Waals surface area contributed by atoms with Crippen LogP contribution in [0.15, 0.2) is 30.4 Å². The monoisotopic (exact) mass is 533 g/mol. The van der Waals surface area contributed by atoms with Crippen molar-refractivity contribution in [3.05, 3.63) is 35.9 Å². The fourth-order valence-corrected chi connectivity index (χ4v) is 5.04. The van der Waals surface area contributed by atoms with Gasteiger partial charge in [-0.3, -0.25) is 9.59 Å². The molecule has 0 aromatic heterocycles. The number of carboxylic acid groups (broad SMARTS) is 1. The molecule has 1 atom stereocenters. The third-order valence-corrected chi connectivity index (χ3v) is 7.26. The van der Waals surface area contributed by atoms with Crippen LogP contribution in [0.5, 0.6) is 5.75 Å². The molecule has 1 aromatic carbocycles. The molecule has 1 rings (SSSR count). The lowest BCUT2D eigenvalue weighted by atomic mass is 9.92. The number of hydrogen-bond acceptors (Lipinski definition) is 5. The van der Waals surface area contributed by atoms with E-state index in [4.69, 9.17) is 0 Å². The molecule has 0 saturated heterocycles. The topological polar surface area (TPSA) is 104 Å². The van der Waals surface area contributed by atoms with Gasteiger partial charge >= 0.3 is 5.97 Å². The second-order valence-electron chi connectivity index (χ2n) is 10.2. The number of nitrogens with one attached hydrogen (secondary N) is 1. The molecule has 0 radical (unpaired) electrons. The van der Waals surface area contributed by atoms with E-state index in [0.717, 1.165) is 25.0 Å². The summed E-state index contributed by atoms with van der Waals surface area (Å²) < 4.78 is 0. The molecular formula is C30H47NO5S. The summed E-state index contributed by atoms with van der Waals surface area (Å²) in [6.07, 6.45) is 17.7. The minimum absolute atomic E-state index is 0.0598. The van der Waals surface area contributed by atoms with Crippen molar-refractivity contribution in [2.75, 3.05) is 16.8 Å². The number of amides is 1. The molecule has 0 heterocycles. The Kier molecular flexibility index (Phi) is 17.5. The predicted octanol–water partition coefficient (Wildman–Crippen LogP) is 7.86. The average molecular weight is 534 g/mol. The predicted molar refractivity (Wildman–Crippen MR) is 155 cm³/mol. The Morgan fingerprint density at radius 3 is 2.24 bits per heavy atom. The normalized spacial score (nSPS) is 12.2. The number of unbranched alkanes of at least 4 members (excludes halogenated alkanes) is 8. The summed E-state index contributed by atoms with van der Waals surface area (Å²) in [6, 6.07) is 3.92. The van der Waals surface area contributed by atoms with Crippen LogP contribution < -0.4 is 5.32 Å². The van der Waals surface area contributed by atoms with Crippen molar-refractivity contribution in [2.24, 2.45) is 11.8 Å². The number of benzene rings is 1. The highest BCUT2D eigenvalue weighted by Gasteiger charge is 2.23. The maximum Gasteiger partial charge on any atom is 0.339 e. The van der Waals surface area contributed by atoms with Gasteiger partial charge in [-0.25, -0.2) is 4.79 Å². The number of carbonyl (C=O) groups excluding carboxylic acids is 2. The van der Waals surface area contributed by atoms with Gasteiger partial charge in [0.1, 0.15) is 17.1 Å². The number of aromatic carboxylic acids is 1. The number of allylic oxidation sites excluding steroid dienone is 2. The summed E-state index contributed by atoms with van der Waals surface area (Å²) in [4.78, 5) is 36.7. The van der Waals surface area contributed by atoms with Gasteiger partial charge in [-0.15, -0.1) is 0 Å². The van der Waals surface area contributed by atoms with E-state index in [0.29, 0.717) is 12.2 Å². The number of carbonyl (C=O) groups is 3. The van der Waals surface area contributed by atoms with Crippen LogP contribution in [-0.2, 0) is 9.59 Å². The molecule has 1 unspecified atom stereocenters. The van der Waals surface area contributed by atoms with Gasteiger partial charge < -0.3 is 15.5 Å². The Labute approximate surface area is 227 Å². The number of aromatic hydroxyl groups is 1. The molecular weight excluding hydrogens is 486 g/mol. The summed E-state index contributed by atoms with van der Waals surface area (Å²) in [5.41, 5.74) is 0.0112. The molecule has 0 bridgehead atoms. The minimum Gasteiger partial charge on any atom is -0.507 e. The molecule has 0 aliphatic rings. The average Bonchev–Trinajstić information content (AvgIpc) is 2.84. The summed E-state index contributed by atoms with van der Waals surface area (Å²) in [7, 11) is 0. The number of Topliss-reactive ketones (excluding diaryl/α,β-unsaturated/α-hetero) is 1. The van der Waals surface area contributed by atoms with E-state index in [1.807, 2.05) is 13.8 Å². The van der Waals surface area contributed by atoms with E-state index in [-0.39, 0.29) is 41.0 Å². The van der Waals surface area contributed by atoms with Crippen molar-refractivity contribution in [1.82, 2.24) is 0 Å². The maximum absolute atomic E-state index is 12.9. The first-order valence-corrected chi connectivity index (χ1v) is 15.0. The van der Waals surface area contributed by atoms with Crippen LogP contribution in [0.4, 0.5) is 5.69 Å². The zero-order valence-corrected chi connectivity index (χ0v) is 23.8. The van der Waals surface area contributed by atoms with Gasteiger partial charge in [0.15, 0.2) is 0 Å². The first-order valence-electron chi connectivity index (χ1n) is 13.9. The highest BCUT2D eigenvalue weighted by Crippen LogP contribution is 2.24. The Morgan fingerprint density at radius 2 is 1.62 bits per heavy atom. The van der Waals surface area contributed by atoms with Crippen LogP contribution in [0, 0.1) is 11.8 Å². The molecule has 208 valence electrons. The number of carboxylic acids is 1. The Balaban J connectivity index is 2.31. The summed E-state index contributed by atoms with van der Waals surface area (Å²) in [6.45, 7) is 6.25. The number of phenols is 1. The molecule has 1 aromatic rings. The van der Waals surface area contributed by atoms with Gasteiger partial charge in [-0.05, 0) is 68.4 Å². The van der Waals surface area contributed by atoms with E-state index in [1.54, 1.807) is 11.8 Å². The molecule has 0 aliphatic heterocycles. The van der Waals surface area contributed by atoms with Crippen LogP contribution in [0.1, 0.15) is 108 Å². The molecule has 37 heavy (non-hydrogen) atoms. The number of hydrogen-bond donors (Lipinski definition) is 3. The second kappa shape index (κ2) is 19.8. The molecule has 0 saturated carbocycles. The van der Waals surface area contributed by atoms with Crippen molar-refractivity contribution in [3.63, 3.8) is 0 Å². The molecule has 0 aliphatic carbocycles. The molecule has 0 fully saturated rings. The van der Waals surface area contributed by atoms with Crippen molar-refractivity contribution in [1.29, 1.82) is 0 Å². The van der Waals surface area contributed by atoms with E-state index in [2.05, 4.69) is 24.4 Å². The van der Waals surface area contributed by atoms with Crippen LogP contribution in [0.3, 0.4) is 0 Å². The van der Waals surface area contributed by atoms with Crippen molar-refractivity contribution in [2.45, 2.75) is 97.8 Å². The van der Waals surface area contributed by atoms with Gasteiger partial charge in [-0.2, -0.15) is 11.8 Å². The Morgan fingerprint density at radius 1 is 0.973 bits per heavy atom. The van der Waals surface area contributed by atoms with Gasteiger partial charge in [0.2, 0.25) is 5.91 Å². The molecule has 1 amide bonds. The molecule has 3 N–H and O–H groups in total. The van der Waals surface area contributed by atoms with Crippen molar-refractivity contribution in [3.8, 4) is 5.75 Å².